The van der Waals surface area contributed by atoms with Crippen LogP contribution in [0.5, 0.6) is 0 Å². The van der Waals surface area contributed by atoms with Gasteiger partial charge in [0.15, 0.2) is 5.96 Å². The summed E-state index contributed by atoms with van der Waals surface area (Å²) in [5, 5.41) is 6.75. The molecule has 0 amide bonds. The maximum Gasteiger partial charge on any atom is 0.191 e. The SMILES string of the molecule is CN=C(NCCN(C)CCCOC)NCc1ccnc(N2CCOC(C)C2)c1.I. The first kappa shape index (κ1) is 25.9. The van der Waals surface area contributed by atoms with E-state index in [2.05, 4.69) is 50.4 Å². The standard InChI is InChI=1S/C20H36N6O2.HI/c1-17-16-26(11-13-28-17)19-14-18(6-7-22-19)15-24-20(21-2)23-8-10-25(3)9-5-12-27-4;/h6-7,14,17H,5,8-13,15-16H2,1-4H3,(H2,21,23,24);1H. The van der Waals surface area contributed by atoms with Gasteiger partial charge in [-0.15, -0.1) is 24.0 Å². The van der Waals surface area contributed by atoms with Crippen molar-refractivity contribution in [1.82, 2.24) is 20.5 Å². The van der Waals surface area contributed by atoms with Gasteiger partial charge in [0.25, 0.3) is 0 Å². The number of hydrogen-bond donors (Lipinski definition) is 2. The summed E-state index contributed by atoms with van der Waals surface area (Å²) in [5.41, 5.74) is 1.18. The van der Waals surface area contributed by atoms with Crippen molar-refractivity contribution < 1.29 is 9.47 Å². The van der Waals surface area contributed by atoms with Gasteiger partial charge in [-0.25, -0.2) is 4.98 Å². The number of guanidine groups is 1. The van der Waals surface area contributed by atoms with Gasteiger partial charge in [0, 0.05) is 66.2 Å². The number of nitrogens with zero attached hydrogens (tertiary/aromatic N) is 4. The molecule has 2 rings (SSSR count). The van der Waals surface area contributed by atoms with E-state index in [0.717, 1.165) is 64.1 Å². The number of likely N-dealkylation sites (N-methyl/N-ethyl adjacent to an activating group) is 1. The quantitative estimate of drug-likeness (QED) is 0.210. The van der Waals surface area contributed by atoms with E-state index in [1.54, 1.807) is 14.2 Å². The second kappa shape index (κ2) is 14.8. The monoisotopic (exact) mass is 520 g/mol. The average Bonchev–Trinajstić information content (AvgIpc) is 2.71. The number of aromatic nitrogens is 1. The number of pyridine rings is 1. The molecule has 2 heterocycles. The molecule has 0 aromatic carbocycles. The predicted molar refractivity (Wildman–Crippen MR) is 129 cm³/mol. The average molecular weight is 520 g/mol. The van der Waals surface area contributed by atoms with Gasteiger partial charge in [-0.3, -0.25) is 4.99 Å². The number of halogens is 1. The van der Waals surface area contributed by atoms with Crippen LogP contribution in [0.2, 0.25) is 0 Å². The van der Waals surface area contributed by atoms with Crippen molar-refractivity contribution in [1.29, 1.82) is 0 Å². The van der Waals surface area contributed by atoms with E-state index >= 15 is 0 Å². The molecule has 1 unspecified atom stereocenters. The maximum absolute atomic E-state index is 5.62. The van der Waals surface area contributed by atoms with Gasteiger partial charge < -0.3 is 29.9 Å². The van der Waals surface area contributed by atoms with Crippen LogP contribution in [0, 0.1) is 0 Å². The molecule has 0 radical (unpaired) electrons. The third kappa shape index (κ3) is 9.92. The number of anilines is 1. The molecule has 9 heteroatoms. The first-order valence-electron chi connectivity index (χ1n) is 10.1. The van der Waals surface area contributed by atoms with E-state index in [1.165, 1.54) is 5.56 Å². The molecular formula is C20H37IN6O2. The molecule has 1 atom stereocenters. The van der Waals surface area contributed by atoms with Gasteiger partial charge in [0.05, 0.1) is 12.7 Å². The van der Waals surface area contributed by atoms with E-state index in [4.69, 9.17) is 9.47 Å². The van der Waals surface area contributed by atoms with Crippen LogP contribution in [0.25, 0.3) is 0 Å². The highest BCUT2D eigenvalue weighted by Gasteiger charge is 2.18. The minimum atomic E-state index is 0. The maximum atomic E-state index is 5.62. The second-order valence-corrected chi connectivity index (χ2v) is 7.15. The van der Waals surface area contributed by atoms with Crippen LogP contribution in [0.3, 0.4) is 0 Å². The van der Waals surface area contributed by atoms with Crippen molar-refractivity contribution in [3.05, 3.63) is 23.9 Å². The Balaban J connectivity index is 0.00000420. The lowest BCUT2D eigenvalue weighted by Crippen LogP contribution is -2.42. The Hall–Kier alpha value is -1.17. The van der Waals surface area contributed by atoms with Gasteiger partial charge in [-0.05, 0) is 38.1 Å². The molecular weight excluding hydrogens is 483 g/mol. The van der Waals surface area contributed by atoms with Crippen molar-refractivity contribution in [2.75, 3.05) is 72.0 Å². The minimum absolute atomic E-state index is 0. The summed E-state index contributed by atoms with van der Waals surface area (Å²) >= 11 is 0. The number of ether oxygens (including phenoxy) is 2. The Morgan fingerprint density at radius 3 is 2.97 bits per heavy atom. The molecule has 8 nitrogen and oxygen atoms in total. The number of nitrogens with one attached hydrogen (secondary N) is 2. The summed E-state index contributed by atoms with van der Waals surface area (Å²) < 4.78 is 10.7. The number of methoxy groups -OCH3 is 1. The third-order valence-corrected chi connectivity index (χ3v) is 4.73. The molecule has 166 valence electrons. The Labute approximate surface area is 192 Å². The van der Waals surface area contributed by atoms with E-state index in [0.29, 0.717) is 6.54 Å². The molecule has 1 aromatic rings. The largest absolute Gasteiger partial charge is 0.385 e. The lowest BCUT2D eigenvalue weighted by molar-refractivity contribution is 0.0529. The van der Waals surface area contributed by atoms with Crippen LogP contribution >= 0.6 is 24.0 Å². The fourth-order valence-electron chi connectivity index (χ4n) is 3.13. The van der Waals surface area contributed by atoms with Crippen LogP contribution in [-0.2, 0) is 16.0 Å². The lowest BCUT2D eigenvalue weighted by atomic mass is 10.2. The van der Waals surface area contributed by atoms with Gasteiger partial charge in [0.2, 0.25) is 0 Å². The normalized spacial score (nSPS) is 17.2. The van der Waals surface area contributed by atoms with E-state index < -0.39 is 0 Å². The summed E-state index contributed by atoms with van der Waals surface area (Å²) in [6.07, 6.45) is 3.16. The van der Waals surface area contributed by atoms with Crippen molar-refractivity contribution in [2.45, 2.75) is 26.0 Å². The molecule has 2 N–H and O–H groups in total. The summed E-state index contributed by atoms with van der Waals surface area (Å²) in [6.45, 7) is 8.96. The van der Waals surface area contributed by atoms with Gasteiger partial charge in [-0.2, -0.15) is 0 Å². The molecule has 1 aliphatic rings. The third-order valence-electron chi connectivity index (χ3n) is 4.73. The molecule has 1 aliphatic heterocycles. The van der Waals surface area contributed by atoms with Crippen LogP contribution in [0.15, 0.2) is 23.3 Å². The highest BCUT2D eigenvalue weighted by Crippen LogP contribution is 2.16. The Bertz CT molecular complexity index is 604. The summed E-state index contributed by atoms with van der Waals surface area (Å²) in [6, 6.07) is 4.18. The molecule has 0 spiro atoms. The zero-order chi connectivity index (χ0) is 20.2. The van der Waals surface area contributed by atoms with Crippen LogP contribution in [-0.4, -0.2) is 89.1 Å². The minimum Gasteiger partial charge on any atom is -0.385 e. The van der Waals surface area contributed by atoms with Gasteiger partial charge >= 0.3 is 0 Å². The molecule has 1 aromatic heterocycles. The highest BCUT2D eigenvalue weighted by molar-refractivity contribution is 14.0. The zero-order valence-corrected chi connectivity index (χ0v) is 20.5. The Morgan fingerprint density at radius 2 is 2.24 bits per heavy atom. The fraction of sp³-hybridized carbons (Fsp3) is 0.700. The number of rotatable bonds is 10. The van der Waals surface area contributed by atoms with Crippen molar-refractivity contribution in [3.63, 3.8) is 0 Å². The van der Waals surface area contributed by atoms with E-state index in [-0.39, 0.29) is 30.1 Å². The smallest absolute Gasteiger partial charge is 0.191 e. The molecule has 1 fully saturated rings. The van der Waals surface area contributed by atoms with Crippen molar-refractivity contribution >= 4 is 35.8 Å². The van der Waals surface area contributed by atoms with Gasteiger partial charge in [-0.1, -0.05) is 0 Å². The van der Waals surface area contributed by atoms with Crippen molar-refractivity contribution in [3.8, 4) is 0 Å². The second-order valence-electron chi connectivity index (χ2n) is 7.15. The van der Waals surface area contributed by atoms with Crippen LogP contribution in [0.1, 0.15) is 18.9 Å². The lowest BCUT2D eigenvalue weighted by Gasteiger charge is -2.32. The fourth-order valence-corrected chi connectivity index (χ4v) is 3.13. The molecule has 0 bridgehead atoms. The molecule has 0 aliphatic carbocycles. The van der Waals surface area contributed by atoms with Crippen LogP contribution < -0.4 is 15.5 Å². The number of morpholine rings is 1. The number of hydrogen-bond acceptors (Lipinski definition) is 6. The van der Waals surface area contributed by atoms with E-state index in [9.17, 15) is 0 Å². The first-order valence-corrected chi connectivity index (χ1v) is 10.1. The highest BCUT2D eigenvalue weighted by atomic mass is 127. The molecule has 29 heavy (non-hydrogen) atoms. The number of aliphatic imine (C=N–C) groups is 1. The molecule has 1 saturated heterocycles. The Morgan fingerprint density at radius 1 is 1.41 bits per heavy atom. The summed E-state index contributed by atoms with van der Waals surface area (Å²) in [4.78, 5) is 13.4. The molecule has 0 saturated carbocycles. The Kier molecular flexibility index (Phi) is 13.2. The van der Waals surface area contributed by atoms with E-state index in [1.807, 2.05) is 12.3 Å². The van der Waals surface area contributed by atoms with Crippen LogP contribution in [0.4, 0.5) is 5.82 Å². The predicted octanol–water partition coefficient (Wildman–Crippen LogP) is 1.56. The first-order chi connectivity index (χ1) is 13.6. The zero-order valence-electron chi connectivity index (χ0n) is 18.2. The topological polar surface area (TPSA) is 74.2 Å². The van der Waals surface area contributed by atoms with Crippen molar-refractivity contribution in [2.24, 2.45) is 4.99 Å². The van der Waals surface area contributed by atoms with Gasteiger partial charge in [0.1, 0.15) is 5.82 Å². The summed E-state index contributed by atoms with van der Waals surface area (Å²) in [5.74, 6) is 1.82. The summed E-state index contributed by atoms with van der Waals surface area (Å²) in [7, 11) is 5.66.